The molecule has 4 heteroatoms. The molecule has 5 N–H and O–H groups in total. The first-order valence-corrected chi connectivity index (χ1v) is 7.59. The van der Waals surface area contributed by atoms with Gasteiger partial charge in [-0.05, 0) is 77.4 Å². The SMILES string of the molecule is CC(C)CNCCCNCCCCNCCCN. The molecule has 0 aliphatic carbocycles. The second-order valence-electron chi connectivity index (χ2n) is 5.30. The Bertz CT molecular complexity index is 151. The first kappa shape index (κ1) is 17.8. The van der Waals surface area contributed by atoms with Crippen LogP contribution in [-0.4, -0.2) is 45.8 Å². The summed E-state index contributed by atoms with van der Waals surface area (Å²) in [5.74, 6) is 0.754. The van der Waals surface area contributed by atoms with Crippen LogP contribution in [-0.2, 0) is 0 Å². The molecule has 0 aliphatic rings. The molecule has 0 radical (unpaired) electrons. The lowest BCUT2D eigenvalue weighted by Crippen LogP contribution is -2.25. The molecule has 0 unspecified atom stereocenters. The Kier molecular flexibility index (Phi) is 14.8. The fourth-order valence-corrected chi connectivity index (χ4v) is 1.71. The minimum Gasteiger partial charge on any atom is -0.330 e. The van der Waals surface area contributed by atoms with Crippen LogP contribution in [0.2, 0.25) is 0 Å². The Morgan fingerprint density at radius 1 is 0.722 bits per heavy atom. The smallest absolute Gasteiger partial charge is 0.00258 e. The van der Waals surface area contributed by atoms with Crippen molar-refractivity contribution in [1.82, 2.24) is 16.0 Å². The highest BCUT2D eigenvalue weighted by Crippen LogP contribution is 1.87. The summed E-state index contributed by atoms with van der Waals surface area (Å²) in [5.41, 5.74) is 5.42. The highest BCUT2D eigenvalue weighted by atomic mass is 14.9. The molecule has 0 fully saturated rings. The van der Waals surface area contributed by atoms with Crippen LogP contribution in [0.5, 0.6) is 0 Å². The van der Waals surface area contributed by atoms with Crippen molar-refractivity contribution in [3.05, 3.63) is 0 Å². The van der Waals surface area contributed by atoms with Gasteiger partial charge in [0.1, 0.15) is 0 Å². The molecule has 0 aliphatic heterocycles. The van der Waals surface area contributed by atoms with Crippen LogP contribution in [0.4, 0.5) is 0 Å². The highest BCUT2D eigenvalue weighted by Gasteiger charge is 1.93. The van der Waals surface area contributed by atoms with Crippen LogP contribution in [0.25, 0.3) is 0 Å². The predicted molar refractivity (Wildman–Crippen MR) is 81.0 cm³/mol. The zero-order valence-corrected chi connectivity index (χ0v) is 12.4. The Hall–Kier alpha value is -0.160. The molecule has 0 saturated carbocycles. The quantitative estimate of drug-likeness (QED) is 0.350. The Balaban J connectivity index is 2.90. The van der Waals surface area contributed by atoms with E-state index in [2.05, 4.69) is 29.8 Å². The van der Waals surface area contributed by atoms with Gasteiger partial charge in [0, 0.05) is 0 Å². The average molecular weight is 258 g/mol. The summed E-state index contributed by atoms with van der Waals surface area (Å²) < 4.78 is 0. The van der Waals surface area contributed by atoms with Crippen LogP contribution in [0.1, 0.15) is 39.5 Å². The largest absolute Gasteiger partial charge is 0.330 e. The van der Waals surface area contributed by atoms with Gasteiger partial charge >= 0.3 is 0 Å². The van der Waals surface area contributed by atoms with Gasteiger partial charge in [0.15, 0.2) is 0 Å². The molecule has 0 amide bonds. The lowest BCUT2D eigenvalue weighted by atomic mass is 10.2. The third-order valence-electron chi connectivity index (χ3n) is 2.77. The van der Waals surface area contributed by atoms with E-state index in [4.69, 9.17) is 5.73 Å². The van der Waals surface area contributed by atoms with E-state index in [0.29, 0.717) is 0 Å². The molecule has 0 heterocycles. The van der Waals surface area contributed by atoms with E-state index in [1.165, 1.54) is 19.3 Å². The van der Waals surface area contributed by atoms with Gasteiger partial charge in [0.2, 0.25) is 0 Å². The molecule has 0 bridgehead atoms. The summed E-state index contributed by atoms with van der Waals surface area (Å²) in [6.07, 6.45) is 4.82. The second kappa shape index (κ2) is 14.9. The van der Waals surface area contributed by atoms with Crippen molar-refractivity contribution in [2.75, 3.05) is 45.8 Å². The third kappa shape index (κ3) is 15.8. The molecule has 0 rings (SSSR count). The van der Waals surface area contributed by atoms with Crippen molar-refractivity contribution in [3.8, 4) is 0 Å². The summed E-state index contributed by atoms with van der Waals surface area (Å²) in [6.45, 7) is 12.0. The summed E-state index contributed by atoms with van der Waals surface area (Å²) in [5, 5.41) is 10.3. The number of rotatable bonds is 14. The molecule has 0 atom stereocenters. The summed E-state index contributed by atoms with van der Waals surface area (Å²) in [6, 6.07) is 0. The molecule has 4 nitrogen and oxygen atoms in total. The number of nitrogens with one attached hydrogen (secondary N) is 3. The summed E-state index contributed by atoms with van der Waals surface area (Å²) in [4.78, 5) is 0. The van der Waals surface area contributed by atoms with E-state index in [1.807, 2.05) is 0 Å². The molecular formula is C14H34N4. The van der Waals surface area contributed by atoms with Gasteiger partial charge in [-0.2, -0.15) is 0 Å². The molecule has 18 heavy (non-hydrogen) atoms. The van der Waals surface area contributed by atoms with Crippen molar-refractivity contribution in [3.63, 3.8) is 0 Å². The van der Waals surface area contributed by atoms with Crippen molar-refractivity contribution >= 4 is 0 Å². The Labute approximate surface area is 113 Å². The second-order valence-corrected chi connectivity index (χ2v) is 5.30. The number of hydrogen-bond acceptors (Lipinski definition) is 4. The Morgan fingerprint density at radius 2 is 1.22 bits per heavy atom. The van der Waals surface area contributed by atoms with E-state index < -0.39 is 0 Å². The predicted octanol–water partition coefficient (Wildman–Crippen LogP) is 0.930. The van der Waals surface area contributed by atoms with Crippen molar-refractivity contribution < 1.29 is 0 Å². The van der Waals surface area contributed by atoms with Crippen LogP contribution in [0, 0.1) is 5.92 Å². The van der Waals surface area contributed by atoms with Crippen LogP contribution >= 0.6 is 0 Å². The summed E-state index contributed by atoms with van der Waals surface area (Å²) in [7, 11) is 0. The average Bonchev–Trinajstić information content (AvgIpc) is 2.34. The molecule has 0 aromatic carbocycles. The fourth-order valence-electron chi connectivity index (χ4n) is 1.71. The number of hydrogen-bond donors (Lipinski definition) is 4. The van der Waals surface area contributed by atoms with Crippen molar-refractivity contribution in [2.45, 2.75) is 39.5 Å². The first-order chi connectivity index (χ1) is 8.77. The maximum absolute atomic E-state index is 5.42. The molecular weight excluding hydrogens is 224 g/mol. The number of unbranched alkanes of at least 4 members (excludes halogenated alkanes) is 1. The molecule has 0 spiro atoms. The zero-order valence-electron chi connectivity index (χ0n) is 12.4. The zero-order chi connectivity index (χ0) is 13.5. The minimum atomic E-state index is 0.754. The van der Waals surface area contributed by atoms with Crippen LogP contribution in [0.3, 0.4) is 0 Å². The molecule has 0 aromatic rings. The lowest BCUT2D eigenvalue weighted by Gasteiger charge is -2.08. The van der Waals surface area contributed by atoms with E-state index in [0.717, 1.165) is 58.2 Å². The van der Waals surface area contributed by atoms with Crippen molar-refractivity contribution in [2.24, 2.45) is 11.7 Å². The van der Waals surface area contributed by atoms with Crippen LogP contribution < -0.4 is 21.7 Å². The first-order valence-electron chi connectivity index (χ1n) is 7.59. The van der Waals surface area contributed by atoms with Crippen LogP contribution in [0.15, 0.2) is 0 Å². The van der Waals surface area contributed by atoms with Gasteiger partial charge in [0.05, 0.1) is 0 Å². The maximum atomic E-state index is 5.42. The van der Waals surface area contributed by atoms with E-state index in [9.17, 15) is 0 Å². The normalized spacial score (nSPS) is 11.3. The van der Waals surface area contributed by atoms with E-state index in [-0.39, 0.29) is 0 Å². The van der Waals surface area contributed by atoms with Crippen molar-refractivity contribution in [1.29, 1.82) is 0 Å². The fraction of sp³-hybridized carbons (Fsp3) is 1.00. The third-order valence-corrected chi connectivity index (χ3v) is 2.77. The van der Waals surface area contributed by atoms with Gasteiger partial charge in [-0.15, -0.1) is 0 Å². The molecule has 0 saturated heterocycles. The minimum absolute atomic E-state index is 0.754. The standard InChI is InChI=1S/C14H34N4/c1-14(2)13-18-12-6-11-17-9-4-3-8-16-10-5-7-15/h14,16-18H,3-13,15H2,1-2H3. The molecule has 110 valence electrons. The van der Waals surface area contributed by atoms with Gasteiger partial charge in [0.25, 0.3) is 0 Å². The summed E-state index contributed by atoms with van der Waals surface area (Å²) >= 11 is 0. The maximum Gasteiger partial charge on any atom is -0.00258 e. The van der Waals surface area contributed by atoms with Gasteiger partial charge in [-0.3, -0.25) is 0 Å². The van der Waals surface area contributed by atoms with E-state index >= 15 is 0 Å². The topological polar surface area (TPSA) is 62.1 Å². The lowest BCUT2D eigenvalue weighted by molar-refractivity contribution is 0.523. The highest BCUT2D eigenvalue weighted by molar-refractivity contribution is 4.55. The molecule has 0 aromatic heterocycles. The van der Waals surface area contributed by atoms with Gasteiger partial charge in [-0.1, -0.05) is 13.8 Å². The van der Waals surface area contributed by atoms with Gasteiger partial charge < -0.3 is 21.7 Å². The Morgan fingerprint density at radius 3 is 1.78 bits per heavy atom. The monoisotopic (exact) mass is 258 g/mol. The van der Waals surface area contributed by atoms with Gasteiger partial charge in [-0.25, -0.2) is 0 Å². The number of nitrogens with two attached hydrogens (primary N) is 1. The van der Waals surface area contributed by atoms with E-state index in [1.54, 1.807) is 0 Å².